The van der Waals surface area contributed by atoms with Gasteiger partial charge in [-0.15, -0.1) is 0 Å². The van der Waals surface area contributed by atoms with Gasteiger partial charge in [0.05, 0.1) is 22.1 Å². The quantitative estimate of drug-likeness (QED) is 0.342. The van der Waals surface area contributed by atoms with Crippen molar-refractivity contribution in [2.45, 2.75) is 44.3 Å². The number of imidazole rings is 1. The maximum absolute atomic E-state index is 15.0. The number of nitrogens with zero attached hydrogens (tertiary/aromatic N) is 4. The van der Waals surface area contributed by atoms with Gasteiger partial charge < -0.3 is 15.5 Å². The maximum Gasteiger partial charge on any atom is 0.269 e. The number of carbonyl (C=O) groups is 1. The van der Waals surface area contributed by atoms with Crippen molar-refractivity contribution in [3.8, 4) is 11.3 Å². The predicted molar refractivity (Wildman–Crippen MR) is 141 cm³/mol. The molecule has 10 heteroatoms. The number of nitrogens with one attached hydrogen (secondary N) is 2. The second-order valence-electron chi connectivity index (χ2n) is 9.93. The number of benzene rings is 1. The van der Waals surface area contributed by atoms with Crippen molar-refractivity contribution in [2.75, 3.05) is 32.7 Å². The Hall–Kier alpha value is -2.95. The summed E-state index contributed by atoms with van der Waals surface area (Å²) in [6, 6.07) is 7.39. The summed E-state index contributed by atoms with van der Waals surface area (Å²) in [6.07, 6.45) is 6.97. The number of halogens is 2. The first-order chi connectivity index (χ1) is 18.0. The summed E-state index contributed by atoms with van der Waals surface area (Å²) in [6.45, 7) is 3.94. The second kappa shape index (κ2) is 10.4. The molecule has 37 heavy (non-hydrogen) atoms. The van der Waals surface area contributed by atoms with E-state index in [-0.39, 0.29) is 17.8 Å². The van der Waals surface area contributed by atoms with Gasteiger partial charge in [0.15, 0.2) is 4.96 Å². The van der Waals surface area contributed by atoms with Crippen LogP contribution >= 0.6 is 11.3 Å². The highest BCUT2D eigenvalue weighted by Crippen LogP contribution is 2.32. The van der Waals surface area contributed by atoms with Gasteiger partial charge in [-0.25, -0.2) is 18.7 Å². The number of rotatable bonds is 7. The Labute approximate surface area is 217 Å². The molecule has 1 unspecified atom stereocenters. The summed E-state index contributed by atoms with van der Waals surface area (Å²) in [5.41, 5.74) is 3.22. The number of aromatic nitrogens is 3. The van der Waals surface area contributed by atoms with E-state index in [1.165, 1.54) is 11.3 Å². The van der Waals surface area contributed by atoms with Crippen LogP contribution in [0.2, 0.25) is 0 Å². The average Bonchev–Trinajstić information content (AvgIpc) is 3.64. The number of piperidine rings is 1. The molecular formula is C27H30F2N6OS. The fourth-order valence-electron chi connectivity index (χ4n) is 5.30. The van der Waals surface area contributed by atoms with Crippen molar-refractivity contribution in [3.05, 3.63) is 53.7 Å². The summed E-state index contributed by atoms with van der Waals surface area (Å²) in [4.78, 5) is 24.6. The monoisotopic (exact) mass is 524 g/mol. The van der Waals surface area contributed by atoms with Crippen LogP contribution in [-0.2, 0) is 0 Å². The molecule has 1 amide bonds. The molecular weight excluding hydrogens is 494 g/mol. The summed E-state index contributed by atoms with van der Waals surface area (Å²) in [5, 5.41) is 6.34. The molecule has 2 aliphatic heterocycles. The molecule has 2 fully saturated rings. The lowest BCUT2D eigenvalue weighted by Crippen LogP contribution is -2.36. The van der Waals surface area contributed by atoms with Gasteiger partial charge in [0.2, 0.25) is 0 Å². The lowest BCUT2D eigenvalue weighted by atomic mass is 10.0. The maximum atomic E-state index is 15.0. The Balaban J connectivity index is 1.12. The highest BCUT2D eigenvalue weighted by molar-refractivity contribution is 7.23. The number of amides is 1. The Morgan fingerprint density at radius 3 is 2.86 bits per heavy atom. The van der Waals surface area contributed by atoms with Crippen LogP contribution in [0.15, 0.2) is 36.7 Å². The van der Waals surface area contributed by atoms with E-state index in [4.69, 9.17) is 0 Å². The molecule has 1 atom stereocenters. The van der Waals surface area contributed by atoms with Crippen LogP contribution in [0, 0.1) is 5.82 Å². The van der Waals surface area contributed by atoms with Crippen molar-refractivity contribution >= 4 is 32.4 Å². The van der Waals surface area contributed by atoms with Crippen LogP contribution in [0.3, 0.4) is 0 Å². The van der Waals surface area contributed by atoms with Gasteiger partial charge in [-0.2, -0.15) is 0 Å². The number of hydrogen-bond donors (Lipinski definition) is 2. The minimum atomic E-state index is -0.671. The summed E-state index contributed by atoms with van der Waals surface area (Å²) < 4.78 is 31.0. The summed E-state index contributed by atoms with van der Waals surface area (Å²) >= 11 is 1.45. The standard InChI is InChI=1S/C27H30F2N6OS/c28-18-6-11-34(12-7-18)10-2-9-31-26(36)22-14-25-24(15-32-22)35-16-23(33-27(35)37-25)19-5-4-17(13-20(19)29)21-3-1-8-30-21/h4-5,13-16,18,21,30H,1-3,6-12H2,(H,31,36). The molecule has 0 saturated carbocycles. The molecule has 2 aliphatic rings. The topological polar surface area (TPSA) is 74.6 Å². The molecule has 5 heterocycles. The zero-order valence-corrected chi connectivity index (χ0v) is 21.4. The predicted octanol–water partition coefficient (Wildman–Crippen LogP) is 4.73. The molecule has 4 aromatic rings. The molecule has 0 bridgehead atoms. The molecule has 2 saturated heterocycles. The number of alkyl halides is 1. The van der Waals surface area contributed by atoms with Gasteiger partial charge in [-0.1, -0.05) is 17.4 Å². The highest BCUT2D eigenvalue weighted by Gasteiger charge is 2.20. The largest absolute Gasteiger partial charge is 0.351 e. The van der Waals surface area contributed by atoms with E-state index in [0.29, 0.717) is 36.3 Å². The first kappa shape index (κ1) is 24.4. The fraction of sp³-hybridized carbons (Fsp3) is 0.444. The van der Waals surface area contributed by atoms with Crippen molar-refractivity contribution in [1.82, 2.24) is 29.9 Å². The Morgan fingerprint density at radius 1 is 1.22 bits per heavy atom. The van der Waals surface area contributed by atoms with E-state index < -0.39 is 6.17 Å². The lowest BCUT2D eigenvalue weighted by Gasteiger charge is -2.28. The van der Waals surface area contributed by atoms with Crippen LogP contribution in [0.25, 0.3) is 26.4 Å². The molecule has 2 N–H and O–H groups in total. The third-order valence-electron chi connectivity index (χ3n) is 7.40. The first-order valence-electron chi connectivity index (χ1n) is 13.0. The van der Waals surface area contributed by atoms with E-state index in [0.717, 1.165) is 66.2 Å². The van der Waals surface area contributed by atoms with Crippen LogP contribution in [0.4, 0.5) is 8.78 Å². The van der Waals surface area contributed by atoms with Crippen LogP contribution < -0.4 is 10.6 Å². The molecule has 0 spiro atoms. The third kappa shape index (κ3) is 5.10. The van der Waals surface area contributed by atoms with E-state index in [1.54, 1.807) is 18.3 Å². The second-order valence-corrected chi connectivity index (χ2v) is 10.9. The Bertz CT molecular complexity index is 1420. The third-order valence-corrected chi connectivity index (χ3v) is 8.42. The average molecular weight is 525 g/mol. The van der Waals surface area contributed by atoms with E-state index in [1.807, 2.05) is 22.7 Å². The number of fused-ring (bicyclic) bond motifs is 3. The number of likely N-dealkylation sites (tertiary alicyclic amines) is 1. The Kier molecular flexibility index (Phi) is 6.88. The van der Waals surface area contributed by atoms with Crippen LogP contribution in [-0.4, -0.2) is 64.1 Å². The van der Waals surface area contributed by atoms with Gasteiger partial charge >= 0.3 is 0 Å². The molecule has 1 aromatic carbocycles. The molecule has 3 aromatic heterocycles. The first-order valence-corrected chi connectivity index (χ1v) is 13.8. The Morgan fingerprint density at radius 2 is 2.08 bits per heavy atom. The number of thiazole rings is 1. The van der Waals surface area contributed by atoms with E-state index >= 15 is 0 Å². The van der Waals surface area contributed by atoms with Crippen molar-refractivity contribution in [3.63, 3.8) is 0 Å². The van der Waals surface area contributed by atoms with Crippen LogP contribution in [0.5, 0.6) is 0 Å². The fourth-order valence-corrected chi connectivity index (χ4v) is 6.31. The normalized spacial score (nSPS) is 19.2. The van der Waals surface area contributed by atoms with Gasteiger partial charge in [0, 0.05) is 37.4 Å². The van der Waals surface area contributed by atoms with Gasteiger partial charge in [-0.05, 0) is 69.0 Å². The van der Waals surface area contributed by atoms with Crippen molar-refractivity contribution in [2.24, 2.45) is 0 Å². The summed E-state index contributed by atoms with van der Waals surface area (Å²) in [5.74, 6) is -0.486. The molecule has 6 rings (SSSR count). The number of hydrogen-bond acceptors (Lipinski definition) is 6. The van der Waals surface area contributed by atoms with Crippen LogP contribution in [0.1, 0.15) is 54.2 Å². The minimum absolute atomic E-state index is 0.213. The van der Waals surface area contributed by atoms with Crippen molar-refractivity contribution < 1.29 is 13.6 Å². The zero-order valence-electron chi connectivity index (χ0n) is 20.6. The SMILES string of the molecule is O=C(NCCCN1CCC(F)CC1)c1cc2sc3nc(-c4ccc(C5CCCN5)cc4F)cn3c2cn1. The minimum Gasteiger partial charge on any atom is -0.351 e. The van der Waals surface area contributed by atoms with Gasteiger partial charge in [-0.3, -0.25) is 9.20 Å². The highest BCUT2D eigenvalue weighted by atomic mass is 32.1. The summed E-state index contributed by atoms with van der Waals surface area (Å²) in [7, 11) is 0. The lowest BCUT2D eigenvalue weighted by molar-refractivity contribution is 0.0945. The van der Waals surface area contributed by atoms with Crippen molar-refractivity contribution in [1.29, 1.82) is 0 Å². The van der Waals surface area contributed by atoms with E-state index in [9.17, 15) is 13.6 Å². The smallest absolute Gasteiger partial charge is 0.269 e. The van der Waals surface area contributed by atoms with Gasteiger partial charge in [0.25, 0.3) is 5.91 Å². The molecule has 194 valence electrons. The number of carbonyl (C=O) groups excluding carboxylic acids is 1. The van der Waals surface area contributed by atoms with Gasteiger partial charge in [0.1, 0.15) is 17.7 Å². The molecule has 7 nitrogen and oxygen atoms in total. The molecule has 0 radical (unpaired) electrons. The zero-order chi connectivity index (χ0) is 25.4. The molecule has 0 aliphatic carbocycles. The van der Waals surface area contributed by atoms with E-state index in [2.05, 4.69) is 25.5 Å². The number of pyridine rings is 1.